The van der Waals surface area contributed by atoms with E-state index in [0.29, 0.717) is 73.6 Å². The molecule has 4 fully saturated rings. The summed E-state index contributed by atoms with van der Waals surface area (Å²) in [4.78, 5) is 60.0. The van der Waals surface area contributed by atoms with Gasteiger partial charge in [-0.05, 0) is 75.1 Å². The van der Waals surface area contributed by atoms with Crippen LogP contribution in [0.3, 0.4) is 0 Å². The zero-order valence-electron chi connectivity index (χ0n) is 31.4. The molecule has 13 heteroatoms. The molecule has 12 nitrogen and oxygen atoms in total. The molecule has 1 aromatic heterocycles. The minimum atomic E-state index is -0.599. The number of aromatic nitrogens is 2. The van der Waals surface area contributed by atoms with Crippen LogP contribution in [0, 0.1) is 11.7 Å². The number of rotatable bonds is 9. The molecular weight excluding hydrogens is 689 g/mol. The van der Waals surface area contributed by atoms with E-state index in [4.69, 9.17) is 10.5 Å². The average Bonchev–Trinajstić information content (AvgIpc) is 3.22. The van der Waals surface area contributed by atoms with Gasteiger partial charge in [0.1, 0.15) is 5.82 Å². The Bertz CT molecular complexity index is 1860. The lowest BCUT2D eigenvalue weighted by molar-refractivity contribution is -0.141. The number of nitrogens with two attached hydrogens (primary N) is 1. The number of carbonyl (C=O) groups excluding carboxylic acids is 3. The number of likely N-dealkylation sites (tertiary alicyclic amines) is 2. The molecule has 3 aliphatic heterocycles. The Morgan fingerprint density at radius 2 is 1.43 bits per heavy atom. The molecule has 290 valence electrons. The first-order valence-corrected chi connectivity index (χ1v) is 19.9. The van der Waals surface area contributed by atoms with Crippen LogP contribution in [0.4, 0.5) is 4.39 Å². The summed E-state index contributed by atoms with van der Waals surface area (Å²) in [6, 6.07) is 11.0. The molecule has 2 aromatic carbocycles. The third-order valence-electron chi connectivity index (χ3n) is 12.2. The maximum absolute atomic E-state index is 15.0. The second-order valence-corrected chi connectivity index (χ2v) is 15.6. The molecule has 3 aromatic rings. The van der Waals surface area contributed by atoms with E-state index in [-0.39, 0.29) is 47.2 Å². The lowest BCUT2D eigenvalue weighted by atomic mass is 9.83. The summed E-state index contributed by atoms with van der Waals surface area (Å²) >= 11 is 0. The largest absolute Gasteiger partial charge is 0.375 e. The van der Waals surface area contributed by atoms with Crippen molar-refractivity contribution in [1.82, 2.24) is 29.8 Å². The Kier molecular flexibility index (Phi) is 12.0. The lowest BCUT2D eigenvalue weighted by Gasteiger charge is -2.41. The van der Waals surface area contributed by atoms with Crippen molar-refractivity contribution in [3.05, 3.63) is 75.5 Å². The minimum Gasteiger partial charge on any atom is -0.375 e. The van der Waals surface area contributed by atoms with E-state index in [0.717, 1.165) is 51.6 Å². The van der Waals surface area contributed by atoms with Crippen molar-refractivity contribution in [2.24, 2.45) is 11.7 Å². The molecule has 2 atom stereocenters. The zero-order chi connectivity index (χ0) is 37.8. The van der Waals surface area contributed by atoms with E-state index in [9.17, 15) is 19.2 Å². The van der Waals surface area contributed by atoms with Crippen LogP contribution in [0.25, 0.3) is 10.8 Å². The molecule has 3 N–H and O–H groups in total. The molecule has 4 aliphatic rings. The predicted molar refractivity (Wildman–Crippen MR) is 203 cm³/mol. The molecule has 0 spiro atoms. The number of piperazine rings is 1. The highest BCUT2D eigenvalue weighted by Crippen LogP contribution is 2.28. The molecule has 0 radical (unpaired) electrons. The Morgan fingerprint density at radius 1 is 0.815 bits per heavy atom. The third kappa shape index (κ3) is 8.53. The van der Waals surface area contributed by atoms with Gasteiger partial charge in [0.05, 0.1) is 40.9 Å². The van der Waals surface area contributed by atoms with Gasteiger partial charge in [0.2, 0.25) is 11.8 Å². The number of ether oxygens (including phenoxy) is 1. The average molecular weight is 744 g/mol. The number of hydrogen-bond donors (Lipinski definition) is 2. The third-order valence-corrected chi connectivity index (χ3v) is 12.2. The summed E-state index contributed by atoms with van der Waals surface area (Å²) in [6.45, 7) is 6.29. The molecule has 3 saturated heterocycles. The van der Waals surface area contributed by atoms with Crippen molar-refractivity contribution in [1.29, 1.82) is 0 Å². The van der Waals surface area contributed by atoms with Crippen LogP contribution in [0.15, 0.2) is 47.3 Å². The van der Waals surface area contributed by atoms with Gasteiger partial charge < -0.3 is 25.2 Å². The van der Waals surface area contributed by atoms with E-state index in [1.54, 1.807) is 29.2 Å². The van der Waals surface area contributed by atoms with Crippen LogP contribution in [0.5, 0.6) is 0 Å². The second kappa shape index (κ2) is 17.1. The number of fused-ring (bicyclic) bond motifs is 1. The van der Waals surface area contributed by atoms with Crippen LogP contribution in [0.2, 0.25) is 0 Å². The highest BCUT2D eigenvalue weighted by atomic mass is 19.1. The number of hydrogen-bond acceptors (Lipinski definition) is 8. The molecule has 0 bridgehead atoms. The van der Waals surface area contributed by atoms with Crippen molar-refractivity contribution < 1.29 is 23.5 Å². The number of aromatic amines is 1. The summed E-state index contributed by atoms with van der Waals surface area (Å²) in [6.07, 6.45) is 9.67. The van der Waals surface area contributed by atoms with Gasteiger partial charge in [0.25, 0.3) is 11.5 Å². The van der Waals surface area contributed by atoms with Crippen molar-refractivity contribution in [2.45, 2.75) is 95.4 Å². The van der Waals surface area contributed by atoms with Gasteiger partial charge in [0, 0.05) is 64.2 Å². The van der Waals surface area contributed by atoms with Crippen LogP contribution < -0.4 is 11.3 Å². The smallest absolute Gasteiger partial charge is 0.272 e. The van der Waals surface area contributed by atoms with E-state index < -0.39 is 11.7 Å². The predicted octanol–water partition coefficient (Wildman–Crippen LogP) is 3.71. The fourth-order valence-electron chi connectivity index (χ4n) is 8.86. The number of H-pyrrole nitrogens is 1. The first-order chi connectivity index (χ1) is 26.2. The molecule has 1 aliphatic carbocycles. The van der Waals surface area contributed by atoms with Crippen LogP contribution in [0.1, 0.15) is 86.3 Å². The first kappa shape index (κ1) is 38.1. The Balaban J connectivity index is 0.847. The van der Waals surface area contributed by atoms with E-state index in [2.05, 4.69) is 15.1 Å². The van der Waals surface area contributed by atoms with Gasteiger partial charge >= 0.3 is 0 Å². The van der Waals surface area contributed by atoms with Crippen LogP contribution in [-0.4, -0.2) is 124 Å². The van der Waals surface area contributed by atoms with Crippen molar-refractivity contribution in [3.63, 3.8) is 0 Å². The van der Waals surface area contributed by atoms with Crippen molar-refractivity contribution in [3.8, 4) is 0 Å². The molecule has 7 rings (SSSR count). The number of benzene rings is 2. The standard InChI is InChI=1S/C41H54FN7O5/c1-27(46-17-13-30(14-18-46)54-31-15-19-47(20-16-31)41(53)37(43)29-7-3-2-4-8-29)39(51)48-21-23-49(24-22-48)40(52)34-25-28(11-12-35(34)42)26-36-32-9-5-6-10-33(32)38(50)45-44-36/h5-6,9-12,25,27,29-31,37H,2-4,7-8,13-24,26,43H2,1H3,(H,45,50)/t27?,37-/m1/s1. The minimum absolute atomic E-state index is 0.0163. The number of piperidine rings is 2. The Morgan fingerprint density at radius 3 is 2.11 bits per heavy atom. The monoisotopic (exact) mass is 743 g/mol. The lowest BCUT2D eigenvalue weighted by Crippen LogP contribution is -2.56. The summed E-state index contributed by atoms with van der Waals surface area (Å²) < 4.78 is 21.5. The second-order valence-electron chi connectivity index (χ2n) is 15.6. The Labute approximate surface area is 316 Å². The van der Waals surface area contributed by atoms with Crippen LogP contribution >= 0.6 is 0 Å². The number of amides is 3. The van der Waals surface area contributed by atoms with Gasteiger partial charge in [-0.3, -0.25) is 24.1 Å². The number of halogens is 1. The van der Waals surface area contributed by atoms with Crippen molar-refractivity contribution >= 4 is 28.5 Å². The summed E-state index contributed by atoms with van der Waals surface area (Å²) in [5.74, 6) is -0.546. The maximum Gasteiger partial charge on any atom is 0.272 e. The van der Waals surface area contributed by atoms with Gasteiger partial charge in [-0.1, -0.05) is 43.5 Å². The van der Waals surface area contributed by atoms with Gasteiger partial charge in [-0.2, -0.15) is 5.10 Å². The Hall–Kier alpha value is -4.20. The maximum atomic E-state index is 15.0. The van der Waals surface area contributed by atoms with Gasteiger partial charge in [-0.25, -0.2) is 9.49 Å². The molecule has 4 heterocycles. The molecule has 54 heavy (non-hydrogen) atoms. The van der Waals surface area contributed by atoms with Crippen molar-refractivity contribution in [2.75, 3.05) is 52.4 Å². The van der Waals surface area contributed by atoms with Gasteiger partial charge in [-0.15, -0.1) is 0 Å². The fraction of sp³-hybridized carbons (Fsp3) is 0.585. The number of nitrogens with zero attached hydrogens (tertiary/aromatic N) is 5. The highest BCUT2D eigenvalue weighted by Gasteiger charge is 2.35. The molecule has 1 saturated carbocycles. The topological polar surface area (TPSA) is 145 Å². The number of nitrogens with one attached hydrogen (secondary N) is 1. The SMILES string of the molecule is CC(C(=O)N1CCN(C(=O)c2cc(Cc3n[nH]c(=O)c4ccccc34)ccc2F)CC1)N1CCC(OC2CCN(C(=O)[C@H](N)C3CCCCC3)CC2)CC1. The van der Waals surface area contributed by atoms with Crippen LogP contribution in [-0.2, 0) is 20.7 Å². The summed E-state index contributed by atoms with van der Waals surface area (Å²) in [5.41, 5.74) is 7.45. The summed E-state index contributed by atoms with van der Waals surface area (Å²) in [5, 5.41) is 7.98. The summed E-state index contributed by atoms with van der Waals surface area (Å²) in [7, 11) is 0. The van der Waals surface area contributed by atoms with E-state index in [1.165, 1.54) is 25.3 Å². The molecular formula is C41H54FN7O5. The highest BCUT2D eigenvalue weighted by molar-refractivity contribution is 5.95. The zero-order valence-corrected chi connectivity index (χ0v) is 31.4. The first-order valence-electron chi connectivity index (χ1n) is 19.9. The van der Waals surface area contributed by atoms with Gasteiger partial charge in [0.15, 0.2) is 0 Å². The number of carbonyl (C=O) groups is 3. The van der Waals surface area contributed by atoms with E-state index >= 15 is 4.39 Å². The molecule has 3 amide bonds. The molecule has 1 unspecified atom stereocenters. The van der Waals surface area contributed by atoms with E-state index in [1.807, 2.05) is 28.9 Å². The fourth-order valence-corrected chi connectivity index (χ4v) is 8.86. The quantitative estimate of drug-likeness (QED) is 0.338. The normalized spacial score (nSPS) is 21.0.